The number of benzene rings is 1. The fourth-order valence-electron chi connectivity index (χ4n) is 3.15. The Bertz CT molecular complexity index is 814. The zero-order valence-electron chi connectivity index (χ0n) is 15.5. The fourth-order valence-corrected chi connectivity index (χ4v) is 4.87. The molecule has 1 aromatic rings. The maximum absolute atomic E-state index is 13.0. The molecule has 154 valence electrons. The minimum absolute atomic E-state index is 0.0776. The van der Waals surface area contributed by atoms with E-state index in [4.69, 9.17) is 17.2 Å². The summed E-state index contributed by atoms with van der Waals surface area (Å²) in [5.74, 6) is -1.34. The maximum Gasteiger partial charge on any atom is 0.241 e. The Morgan fingerprint density at radius 3 is 2.57 bits per heavy atom. The second kappa shape index (κ2) is 9.62. The van der Waals surface area contributed by atoms with Crippen LogP contribution in [0.5, 0.6) is 0 Å². The highest BCUT2D eigenvalue weighted by molar-refractivity contribution is 7.88. The Morgan fingerprint density at radius 2 is 1.96 bits per heavy atom. The number of hydrogen-bond acceptors (Lipinski definition) is 6. The van der Waals surface area contributed by atoms with E-state index in [-0.39, 0.29) is 38.2 Å². The summed E-state index contributed by atoms with van der Waals surface area (Å²) in [6.45, 7) is -0.0809. The second-order valence-electron chi connectivity index (χ2n) is 6.54. The predicted molar refractivity (Wildman–Crippen MR) is 105 cm³/mol. The average Bonchev–Trinajstić information content (AvgIpc) is 2.62. The van der Waals surface area contributed by atoms with E-state index in [1.54, 1.807) is 30.3 Å². The van der Waals surface area contributed by atoms with Crippen LogP contribution in [0, 0.1) is 0 Å². The molecule has 1 aliphatic rings. The smallest absolute Gasteiger partial charge is 0.241 e. The third-order valence-electron chi connectivity index (χ3n) is 4.44. The molecule has 2 amide bonds. The van der Waals surface area contributed by atoms with Crippen LogP contribution in [0.4, 0.5) is 0 Å². The lowest BCUT2D eigenvalue weighted by Crippen LogP contribution is -2.60. The van der Waals surface area contributed by atoms with E-state index in [0.29, 0.717) is 5.56 Å². The van der Waals surface area contributed by atoms with Crippen LogP contribution in [0.2, 0.25) is 0 Å². The Kier molecular flexibility index (Phi) is 7.49. The summed E-state index contributed by atoms with van der Waals surface area (Å²) in [6.07, 6.45) is 0.825. The largest absolute Gasteiger partial charge is 0.390 e. The molecule has 1 fully saturated rings. The molecule has 1 heterocycles. The van der Waals surface area contributed by atoms with Gasteiger partial charge >= 0.3 is 0 Å². The summed E-state index contributed by atoms with van der Waals surface area (Å²) in [6, 6.07) is 7.75. The maximum atomic E-state index is 13.0. The molecule has 0 radical (unpaired) electrons. The van der Waals surface area contributed by atoms with Gasteiger partial charge < -0.3 is 22.1 Å². The van der Waals surface area contributed by atoms with Gasteiger partial charge in [0.1, 0.15) is 6.04 Å². The van der Waals surface area contributed by atoms with Crippen molar-refractivity contribution in [3.05, 3.63) is 35.9 Å². The zero-order valence-corrected chi connectivity index (χ0v) is 16.3. The minimum atomic E-state index is -3.76. The Hall–Kier alpha value is -2.50. The first-order valence-corrected chi connectivity index (χ1v) is 10.4. The van der Waals surface area contributed by atoms with E-state index in [2.05, 4.69) is 4.99 Å². The van der Waals surface area contributed by atoms with E-state index < -0.39 is 34.0 Å². The lowest BCUT2D eigenvalue weighted by atomic mass is 10.1. The number of primary amides is 1. The summed E-state index contributed by atoms with van der Waals surface area (Å²) >= 11 is 0. The molecule has 1 unspecified atom stereocenters. The number of nitrogens with two attached hydrogens (primary N) is 3. The van der Waals surface area contributed by atoms with Gasteiger partial charge in [0.25, 0.3) is 0 Å². The number of carbonyl (C=O) groups is 2. The third-order valence-corrected chi connectivity index (χ3v) is 6.29. The van der Waals surface area contributed by atoms with Crippen LogP contribution in [-0.4, -0.2) is 67.6 Å². The van der Waals surface area contributed by atoms with Crippen molar-refractivity contribution < 1.29 is 18.0 Å². The van der Waals surface area contributed by atoms with Crippen LogP contribution < -0.4 is 17.2 Å². The first-order valence-electron chi connectivity index (χ1n) is 8.84. The Morgan fingerprint density at radius 1 is 1.29 bits per heavy atom. The number of nitrogens with zero attached hydrogens (tertiary/aromatic N) is 3. The topological polar surface area (TPSA) is 165 Å². The molecule has 0 saturated carbocycles. The molecule has 0 aliphatic carbocycles. The number of amides is 2. The van der Waals surface area contributed by atoms with Crippen molar-refractivity contribution in [3.8, 4) is 0 Å². The molecule has 2 rings (SSSR count). The lowest BCUT2D eigenvalue weighted by molar-refractivity contribution is -0.142. The van der Waals surface area contributed by atoms with E-state index in [0.717, 1.165) is 6.34 Å². The van der Waals surface area contributed by atoms with Gasteiger partial charge in [-0.3, -0.25) is 14.6 Å². The number of hydrogen-bond donors (Lipinski definition) is 3. The molecule has 0 spiro atoms. The molecule has 11 heteroatoms. The summed E-state index contributed by atoms with van der Waals surface area (Å²) in [4.78, 5) is 29.2. The van der Waals surface area contributed by atoms with Gasteiger partial charge in [0.05, 0.1) is 24.8 Å². The number of carbonyl (C=O) groups excluding carboxylic acids is 2. The molecule has 6 N–H and O–H groups in total. The Labute approximate surface area is 164 Å². The highest BCUT2D eigenvalue weighted by Crippen LogP contribution is 2.23. The summed E-state index contributed by atoms with van der Waals surface area (Å²) < 4.78 is 27.2. The molecular formula is C17H26N6O4S. The van der Waals surface area contributed by atoms with Crippen LogP contribution >= 0.6 is 0 Å². The standard InChI is InChI=1S/C17H26N6O4S/c18-12-21-15(19)7-6-14-17(25)22(10-16(20)24)8-9-23(14)28(26,27)11-13-4-2-1-3-5-13/h1-5,12,14-15H,6-11,19H2,(H2,18,21)(H2,20,24)/t14-,15?/m1/s1. The first kappa shape index (κ1) is 21.8. The number of piperazine rings is 1. The molecule has 28 heavy (non-hydrogen) atoms. The lowest BCUT2D eigenvalue weighted by Gasteiger charge is -2.39. The van der Waals surface area contributed by atoms with Gasteiger partial charge in [0, 0.05) is 13.1 Å². The average molecular weight is 411 g/mol. The molecule has 0 bridgehead atoms. The van der Waals surface area contributed by atoms with Crippen molar-refractivity contribution in [2.45, 2.75) is 30.8 Å². The summed E-state index contributed by atoms with van der Waals surface area (Å²) in [5.41, 5.74) is 16.8. The monoisotopic (exact) mass is 410 g/mol. The van der Waals surface area contributed by atoms with Gasteiger partial charge in [0.15, 0.2) is 0 Å². The Balaban J connectivity index is 2.23. The quantitative estimate of drug-likeness (QED) is 0.333. The first-order chi connectivity index (χ1) is 13.2. The minimum Gasteiger partial charge on any atom is -0.390 e. The normalized spacial score (nSPS) is 19.8. The third kappa shape index (κ3) is 5.75. The van der Waals surface area contributed by atoms with E-state index in [9.17, 15) is 18.0 Å². The van der Waals surface area contributed by atoms with Gasteiger partial charge in [-0.05, 0) is 18.4 Å². The summed E-state index contributed by atoms with van der Waals surface area (Å²) in [5, 5.41) is 0. The fraction of sp³-hybridized carbons (Fsp3) is 0.471. The van der Waals surface area contributed by atoms with Crippen LogP contribution in [0.3, 0.4) is 0 Å². The number of rotatable bonds is 9. The van der Waals surface area contributed by atoms with Gasteiger partial charge in [0.2, 0.25) is 21.8 Å². The highest BCUT2D eigenvalue weighted by Gasteiger charge is 2.41. The van der Waals surface area contributed by atoms with Crippen molar-refractivity contribution in [2.75, 3.05) is 19.6 Å². The number of sulfonamides is 1. The second-order valence-corrected chi connectivity index (χ2v) is 8.46. The SMILES string of the molecule is N/C=N/C(N)CC[C@@H]1C(=O)N(CC(N)=O)CCN1S(=O)(=O)Cc1ccccc1. The van der Waals surface area contributed by atoms with E-state index in [1.165, 1.54) is 9.21 Å². The van der Waals surface area contributed by atoms with Crippen molar-refractivity contribution in [2.24, 2.45) is 22.2 Å². The molecule has 1 saturated heterocycles. The van der Waals surface area contributed by atoms with Crippen molar-refractivity contribution in [1.82, 2.24) is 9.21 Å². The van der Waals surface area contributed by atoms with E-state index >= 15 is 0 Å². The summed E-state index contributed by atoms with van der Waals surface area (Å²) in [7, 11) is -3.76. The molecule has 1 aliphatic heterocycles. The zero-order chi connectivity index (χ0) is 20.7. The van der Waals surface area contributed by atoms with Crippen LogP contribution in [0.1, 0.15) is 18.4 Å². The van der Waals surface area contributed by atoms with Gasteiger partial charge in [-0.2, -0.15) is 4.31 Å². The van der Waals surface area contributed by atoms with Gasteiger partial charge in [-0.15, -0.1) is 0 Å². The van der Waals surface area contributed by atoms with Gasteiger partial charge in [-0.25, -0.2) is 8.42 Å². The van der Waals surface area contributed by atoms with Gasteiger partial charge in [-0.1, -0.05) is 30.3 Å². The molecular weight excluding hydrogens is 384 g/mol. The molecule has 1 aromatic carbocycles. The van der Waals surface area contributed by atoms with Crippen LogP contribution in [0.15, 0.2) is 35.3 Å². The highest BCUT2D eigenvalue weighted by atomic mass is 32.2. The molecule has 0 aromatic heterocycles. The molecule has 2 atom stereocenters. The number of aliphatic imine (C=N–C) groups is 1. The van der Waals surface area contributed by atoms with Crippen LogP contribution in [-0.2, 0) is 25.4 Å². The van der Waals surface area contributed by atoms with Crippen molar-refractivity contribution in [3.63, 3.8) is 0 Å². The molecule has 10 nitrogen and oxygen atoms in total. The van der Waals surface area contributed by atoms with Crippen molar-refractivity contribution in [1.29, 1.82) is 0 Å². The van der Waals surface area contributed by atoms with Crippen molar-refractivity contribution >= 4 is 28.2 Å². The van der Waals surface area contributed by atoms with E-state index in [1.807, 2.05) is 0 Å². The predicted octanol–water partition coefficient (Wildman–Crippen LogP) is -1.43. The van der Waals surface area contributed by atoms with Crippen LogP contribution in [0.25, 0.3) is 0 Å².